The van der Waals surface area contributed by atoms with Gasteiger partial charge in [-0.2, -0.15) is 0 Å². The number of pyridine rings is 1. The summed E-state index contributed by atoms with van der Waals surface area (Å²) in [6.07, 6.45) is 1.64. The minimum absolute atomic E-state index is 0.107. The Morgan fingerprint density at radius 3 is 2.79 bits per heavy atom. The maximum atomic E-state index is 11.9. The van der Waals surface area contributed by atoms with Crippen molar-refractivity contribution in [2.75, 3.05) is 12.8 Å². The summed E-state index contributed by atoms with van der Waals surface area (Å²) in [4.78, 5) is 16.0. The Morgan fingerprint density at radius 2 is 2.11 bits per heavy atom. The Kier molecular flexibility index (Phi) is 3.97. The van der Waals surface area contributed by atoms with Crippen LogP contribution in [0.4, 0.5) is 5.69 Å². The van der Waals surface area contributed by atoms with Gasteiger partial charge < -0.3 is 15.2 Å². The Hall–Kier alpha value is -2.56. The summed E-state index contributed by atoms with van der Waals surface area (Å²) >= 11 is 0. The van der Waals surface area contributed by atoms with Gasteiger partial charge in [-0.15, -0.1) is 0 Å². The zero-order valence-electron chi connectivity index (χ0n) is 10.5. The fourth-order valence-electron chi connectivity index (χ4n) is 1.60. The summed E-state index contributed by atoms with van der Waals surface area (Å²) in [6.45, 7) is 0.107. The van der Waals surface area contributed by atoms with E-state index in [-0.39, 0.29) is 17.9 Å². The number of esters is 1. The van der Waals surface area contributed by atoms with Crippen molar-refractivity contribution < 1.29 is 14.3 Å². The van der Waals surface area contributed by atoms with Crippen molar-refractivity contribution >= 4 is 11.7 Å². The maximum absolute atomic E-state index is 11.9. The van der Waals surface area contributed by atoms with Gasteiger partial charge in [0.1, 0.15) is 12.4 Å². The lowest BCUT2D eigenvalue weighted by atomic mass is 10.1. The van der Waals surface area contributed by atoms with Gasteiger partial charge in [-0.1, -0.05) is 12.1 Å². The lowest BCUT2D eigenvalue weighted by molar-refractivity contribution is 0.0468. The van der Waals surface area contributed by atoms with E-state index >= 15 is 0 Å². The number of nitrogen functional groups attached to an aromatic ring is 1. The summed E-state index contributed by atoms with van der Waals surface area (Å²) in [5.41, 5.74) is 7.06. The number of nitrogens with zero attached hydrogens (tertiary/aromatic N) is 1. The highest BCUT2D eigenvalue weighted by molar-refractivity contribution is 5.96. The number of ether oxygens (including phenoxy) is 2. The van der Waals surface area contributed by atoms with Crippen LogP contribution in [0.2, 0.25) is 0 Å². The Labute approximate surface area is 111 Å². The van der Waals surface area contributed by atoms with E-state index in [4.69, 9.17) is 15.2 Å². The molecule has 0 fully saturated rings. The summed E-state index contributed by atoms with van der Waals surface area (Å²) in [5, 5.41) is 0. The van der Waals surface area contributed by atoms with Gasteiger partial charge in [-0.05, 0) is 24.3 Å². The van der Waals surface area contributed by atoms with E-state index in [2.05, 4.69) is 4.98 Å². The fourth-order valence-corrected chi connectivity index (χ4v) is 1.60. The van der Waals surface area contributed by atoms with Gasteiger partial charge in [0.2, 0.25) is 0 Å². The molecule has 0 atom stereocenters. The van der Waals surface area contributed by atoms with Crippen molar-refractivity contribution in [2.45, 2.75) is 6.61 Å². The molecule has 0 bridgehead atoms. The molecule has 0 aliphatic heterocycles. The van der Waals surface area contributed by atoms with E-state index in [0.29, 0.717) is 11.4 Å². The number of para-hydroxylation sites is 1. The van der Waals surface area contributed by atoms with E-state index in [0.717, 1.165) is 0 Å². The third kappa shape index (κ3) is 3.01. The molecular formula is C14H14N2O3. The van der Waals surface area contributed by atoms with Crippen molar-refractivity contribution in [1.82, 2.24) is 4.98 Å². The predicted octanol–water partition coefficient (Wildman–Crippen LogP) is 2.03. The molecule has 0 saturated heterocycles. The zero-order chi connectivity index (χ0) is 13.7. The molecule has 5 heteroatoms. The van der Waals surface area contributed by atoms with Crippen LogP contribution < -0.4 is 10.5 Å². The largest absolute Gasteiger partial charge is 0.495 e. The standard InChI is InChI=1S/C14H14N2O3/c1-18-12-7-4-6-11(13(12)15)14(17)19-9-10-5-2-3-8-16-10/h2-8H,9,15H2,1H3. The van der Waals surface area contributed by atoms with E-state index in [1.54, 1.807) is 36.5 Å². The minimum atomic E-state index is -0.498. The topological polar surface area (TPSA) is 74.4 Å². The van der Waals surface area contributed by atoms with Crippen LogP contribution in [0, 0.1) is 0 Å². The quantitative estimate of drug-likeness (QED) is 0.671. The second-order valence-electron chi connectivity index (χ2n) is 3.82. The second kappa shape index (κ2) is 5.86. The normalized spacial score (nSPS) is 9.95. The van der Waals surface area contributed by atoms with E-state index in [1.165, 1.54) is 7.11 Å². The Balaban J connectivity index is 2.08. The number of benzene rings is 1. The highest BCUT2D eigenvalue weighted by Crippen LogP contribution is 2.25. The monoisotopic (exact) mass is 258 g/mol. The highest BCUT2D eigenvalue weighted by atomic mass is 16.5. The van der Waals surface area contributed by atoms with Crippen LogP contribution in [0.15, 0.2) is 42.6 Å². The van der Waals surface area contributed by atoms with Crippen LogP contribution in [-0.2, 0) is 11.3 Å². The van der Waals surface area contributed by atoms with E-state index < -0.39 is 5.97 Å². The molecule has 1 heterocycles. The van der Waals surface area contributed by atoms with Crippen molar-refractivity contribution in [3.8, 4) is 5.75 Å². The smallest absolute Gasteiger partial charge is 0.340 e. The van der Waals surface area contributed by atoms with Crippen LogP contribution in [0.25, 0.3) is 0 Å². The van der Waals surface area contributed by atoms with Gasteiger partial charge >= 0.3 is 5.97 Å². The summed E-state index contributed by atoms with van der Waals surface area (Å²) in [6, 6.07) is 10.4. The number of hydrogen-bond acceptors (Lipinski definition) is 5. The summed E-state index contributed by atoms with van der Waals surface area (Å²) in [7, 11) is 1.49. The molecule has 19 heavy (non-hydrogen) atoms. The number of aromatic nitrogens is 1. The van der Waals surface area contributed by atoms with E-state index in [1.807, 2.05) is 6.07 Å². The van der Waals surface area contributed by atoms with E-state index in [9.17, 15) is 4.79 Å². The molecule has 0 saturated carbocycles. The first kappa shape index (κ1) is 12.9. The summed E-state index contributed by atoms with van der Waals surface area (Å²) in [5.74, 6) is -0.0469. The fraction of sp³-hybridized carbons (Fsp3) is 0.143. The van der Waals surface area contributed by atoms with Crippen molar-refractivity contribution in [1.29, 1.82) is 0 Å². The number of rotatable bonds is 4. The second-order valence-corrected chi connectivity index (χ2v) is 3.82. The number of nitrogens with two attached hydrogens (primary N) is 1. The Bertz CT molecular complexity index is 570. The molecule has 0 aliphatic rings. The number of methoxy groups -OCH3 is 1. The predicted molar refractivity (Wildman–Crippen MR) is 70.8 cm³/mol. The molecule has 0 spiro atoms. The first-order valence-corrected chi connectivity index (χ1v) is 5.72. The minimum Gasteiger partial charge on any atom is -0.495 e. The number of hydrogen-bond donors (Lipinski definition) is 1. The summed E-state index contributed by atoms with van der Waals surface area (Å²) < 4.78 is 10.2. The van der Waals surface area contributed by atoms with Gasteiger partial charge in [0.05, 0.1) is 24.1 Å². The average molecular weight is 258 g/mol. The molecule has 0 amide bonds. The SMILES string of the molecule is COc1cccc(C(=O)OCc2ccccn2)c1N. The van der Waals surface area contributed by atoms with Gasteiger partial charge in [0.25, 0.3) is 0 Å². The molecule has 0 aliphatic carbocycles. The van der Waals surface area contributed by atoms with Crippen LogP contribution >= 0.6 is 0 Å². The molecule has 1 aromatic heterocycles. The van der Waals surface area contributed by atoms with Gasteiger partial charge in [0, 0.05) is 6.20 Å². The lowest BCUT2D eigenvalue weighted by Crippen LogP contribution is -2.09. The van der Waals surface area contributed by atoms with Crippen LogP contribution in [-0.4, -0.2) is 18.1 Å². The first-order chi connectivity index (χ1) is 9.22. The molecule has 1 aromatic carbocycles. The van der Waals surface area contributed by atoms with Gasteiger partial charge in [0.15, 0.2) is 0 Å². The molecule has 5 nitrogen and oxygen atoms in total. The molecule has 98 valence electrons. The third-order valence-electron chi connectivity index (χ3n) is 2.58. The lowest BCUT2D eigenvalue weighted by Gasteiger charge is -2.09. The highest BCUT2D eigenvalue weighted by Gasteiger charge is 2.14. The van der Waals surface area contributed by atoms with Gasteiger partial charge in [-0.25, -0.2) is 4.79 Å². The van der Waals surface area contributed by atoms with Crippen LogP contribution in [0.1, 0.15) is 16.1 Å². The van der Waals surface area contributed by atoms with Gasteiger partial charge in [-0.3, -0.25) is 4.98 Å². The Morgan fingerprint density at radius 1 is 1.26 bits per heavy atom. The number of carbonyl (C=O) groups is 1. The molecule has 0 radical (unpaired) electrons. The van der Waals surface area contributed by atoms with Crippen LogP contribution in [0.3, 0.4) is 0 Å². The molecular weight excluding hydrogens is 244 g/mol. The average Bonchev–Trinajstić information content (AvgIpc) is 2.46. The molecule has 2 rings (SSSR count). The van der Waals surface area contributed by atoms with Crippen LogP contribution in [0.5, 0.6) is 5.75 Å². The first-order valence-electron chi connectivity index (χ1n) is 5.72. The van der Waals surface area contributed by atoms with Crippen molar-refractivity contribution in [3.63, 3.8) is 0 Å². The van der Waals surface area contributed by atoms with Crippen molar-refractivity contribution in [3.05, 3.63) is 53.9 Å². The molecule has 2 N–H and O–H groups in total. The maximum Gasteiger partial charge on any atom is 0.340 e. The molecule has 2 aromatic rings. The van der Waals surface area contributed by atoms with Crippen molar-refractivity contribution in [2.24, 2.45) is 0 Å². The number of anilines is 1. The zero-order valence-corrected chi connectivity index (χ0v) is 10.5. The number of carbonyl (C=O) groups excluding carboxylic acids is 1. The third-order valence-corrected chi connectivity index (χ3v) is 2.58. The molecule has 0 unspecified atom stereocenters.